The molecule has 0 aliphatic carbocycles. The predicted octanol–water partition coefficient (Wildman–Crippen LogP) is 2.40. The third kappa shape index (κ3) is 5.07. The van der Waals surface area contributed by atoms with E-state index < -0.39 is 0 Å². The summed E-state index contributed by atoms with van der Waals surface area (Å²) in [6.07, 6.45) is 2.10. The van der Waals surface area contributed by atoms with Crippen molar-refractivity contribution in [1.29, 1.82) is 0 Å². The lowest BCUT2D eigenvalue weighted by Crippen LogP contribution is -2.25. The van der Waals surface area contributed by atoms with Crippen LogP contribution < -0.4 is 5.32 Å². The second-order valence-electron chi connectivity index (χ2n) is 3.49. The smallest absolute Gasteiger partial charge is 0.230 e. The summed E-state index contributed by atoms with van der Waals surface area (Å²) < 4.78 is 0. The zero-order chi connectivity index (χ0) is 11.8. The molecule has 0 bridgehead atoms. The number of hydrogen-bond donors (Lipinski definition) is 2. The topological polar surface area (TPSA) is 49.3 Å². The lowest BCUT2D eigenvalue weighted by Gasteiger charge is -2.04. The third-order valence-corrected chi connectivity index (χ3v) is 3.03. The van der Waals surface area contributed by atoms with Crippen LogP contribution in [-0.2, 0) is 4.79 Å². The SMILES string of the molecule is CCCCNC(=O)CSc1cccc(O)c1. The van der Waals surface area contributed by atoms with Crippen molar-refractivity contribution in [2.24, 2.45) is 0 Å². The molecule has 1 amide bonds. The lowest BCUT2D eigenvalue weighted by molar-refractivity contribution is -0.118. The molecule has 1 rings (SSSR count). The number of benzene rings is 1. The number of nitrogens with one attached hydrogen (secondary N) is 1. The Morgan fingerprint density at radius 3 is 3.00 bits per heavy atom. The van der Waals surface area contributed by atoms with Gasteiger partial charge in [0.1, 0.15) is 5.75 Å². The van der Waals surface area contributed by atoms with Crippen molar-refractivity contribution >= 4 is 17.7 Å². The molecule has 0 aliphatic rings. The Kier molecular flexibility index (Phi) is 5.78. The van der Waals surface area contributed by atoms with Crippen molar-refractivity contribution in [3.05, 3.63) is 24.3 Å². The van der Waals surface area contributed by atoms with E-state index in [1.54, 1.807) is 18.2 Å². The molecule has 0 saturated carbocycles. The number of hydrogen-bond acceptors (Lipinski definition) is 3. The summed E-state index contributed by atoms with van der Waals surface area (Å²) in [6, 6.07) is 6.92. The first-order valence-electron chi connectivity index (χ1n) is 5.41. The summed E-state index contributed by atoms with van der Waals surface area (Å²) in [5, 5.41) is 12.1. The molecule has 0 radical (unpaired) electrons. The molecule has 0 atom stereocenters. The number of aromatic hydroxyl groups is 1. The van der Waals surface area contributed by atoms with Crippen LogP contribution in [-0.4, -0.2) is 23.3 Å². The monoisotopic (exact) mass is 239 g/mol. The molecule has 0 aliphatic heterocycles. The summed E-state index contributed by atoms with van der Waals surface area (Å²) in [5.74, 6) is 0.672. The van der Waals surface area contributed by atoms with Gasteiger partial charge in [-0.1, -0.05) is 19.4 Å². The van der Waals surface area contributed by atoms with E-state index in [1.165, 1.54) is 11.8 Å². The highest BCUT2D eigenvalue weighted by molar-refractivity contribution is 8.00. The van der Waals surface area contributed by atoms with E-state index in [0.717, 1.165) is 24.3 Å². The summed E-state index contributed by atoms with van der Waals surface area (Å²) in [4.78, 5) is 12.3. The summed E-state index contributed by atoms with van der Waals surface area (Å²) >= 11 is 1.43. The molecule has 1 aromatic carbocycles. The number of phenols is 1. The van der Waals surface area contributed by atoms with Crippen LogP contribution >= 0.6 is 11.8 Å². The molecule has 3 nitrogen and oxygen atoms in total. The van der Waals surface area contributed by atoms with E-state index in [1.807, 2.05) is 6.07 Å². The molecule has 2 N–H and O–H groups in total. The van der Waals surface area contributed by atoms with Gasteiger partial charge in [-0.2, -0.15) is 0 Å². The number of carbonyl (C=O) groups excluding carboxylic acids is 1. The third-order valence-electron chi connectivity index (χ3n) is 2.04. The molecule has 0 heterocycles. The van der Waals surface area contributed by atoms with E-state index in [0.29, 0.717) is 5.75 Å². The van der Waals surface area contributed by atoms with Gasteiger partial charge in [0.25, 0.3) is 0 Å². The number of amides is 1. The van der Waals surface area contributed by atoms with Crippen LogP contribution in [0, 0.1) is 0 Å². The van der Waals surface area contributed by atoms with Crippen LogP contribution in [0.4, 0.5) is 0 Å². The molecule has 88 valence electrons. The Labute approximate surface area is 100 Å². The fraction of sp³-hybridized carbons (Fsp3) is 0.417. The molecule has 4 heteroatoms. The Morgan fingerprint density at radius 2 is 2.31 bits per heavy atom. The first-order valence-corrected chi connectivity index (χ1v) is 6.39. The molecule has 16 heavy (non-hydrogen) atoms. The van der Waals surface area contributed by atoms with Gasteiger partial charge in [0.15, 0.2) is 0 Å². The highest BCUT2D eigenvalue weighted by atomic mass is 32.2. The van der Waals surface area contributed by atoms with E-state index in [9.17, 15) is 9.90 Å². The average molecular weight is 239 g/mol. The van der Waals surface area contributed by atoms with Crippen LogP contribution in [0.5, 0.6) is 5.75 Å². The first-order chi connectivity index (χ1) is 7.72. The maximum Gasteiger partial charge on any atom is 0.230 e. The fourth-order valence-electron chi connectivity index (χ4n) is 1.18. The number of thioether (sulfide) groups is 1. The van der Waals surface area contributed by atoms with Crippen LogP contribution in [0.3, 0.4) is 0 Å². The summed E-state index contributed by atoms with van der Waals surface area (Å²) in [5.41, 5.74) is 0. The second-order valence-corrected chi connectivity index (χ2v) is 4.54. The minimum absolute atomic E-state index is 0.0433. The minimum Gasteiger partial charge on any atom is -0.508 e. The maximum absolute atomic E-state index is 11.4. The first kappa shape index (κ1) is 12.9. The van der Waals surface area contributed by atoms with Crippen molar-refractivity contribution in [2.75, 3.05) is 12.3 Å². The maximum atomic E-state index is 11.4. The summed E-state index contributed by atoms with van der Waals surface area (Å²) in [7, 11) is 0. The lowest BCUT2D eigenvalue weighted by atomic mass is 10.3. The van der Waals surface area contributed by atoms with Gasteiger partial charge in [0.2, 0.25) is 5.91 Å². The van der Waals surface area contributed by atoms with Crippen LogP contribution in [0.25, 0.3) is 0 Å². The Balaban J connectivity index is 2.26. The van der Waals surface area contributed by atoms with Crippen molar-refractivity contribution in [3.8, 4) is 5.75 Å². The zero-order valence-electron chi connectivity index (χ0n) is 9.40. The Bertz CT molecular complexity index is 342. The van der Waals surface area contributed by atoms with Gasteiger partial charge in [-0.15, -0.1) is 11.8 Å². The van der Waals surface area contributed by atoms with Gasteiger partial charge in [0.05, 0.1) is 5.75 Å². The zero-order valence-corrected chi connectivity index (χ0v) is 10.2. The molecular formula is C12H17NO2S. The highest BCUT2D eigenvalue weighted by Gasteiger charge is 2.02. The second kappa shape index (κ2) is 7.17. The van der Waals surface area contributed by atoms with Gasteiger partial charge in [-0.3, -0.25) is 4.79 Å². The Hall–Kier alpha value is -1.16. The number of phenolic OH excluding ortho intramolecular Hbond substituents is 1. The van der Waals surface area contributed by atoms with Gasteiger partial charge in [0, 0.05) is 11.4 Å². The predicted molar refractivity (Wildman–Crippen MR) is 66.7 cm³/mol. The van der Waals surface area contributed by atoms with Crippen molar-refractivity contribution in [3.63, 3.8) is 0 Å². The number of carbonyl (C=O) groups is 1. The normalized spacial score (nSPS) is 10.1. The highest BCUT2D eigenvalue weighted by Crippen LogP contribution is 2.21. The van der Waals surface area contributed by atoms with Crippen molar-refractivity contribution < 1.29 is 9.90 Å². The standard InChI is InChI=1S/C12H17NO2S/c1-2-3-7-13-12(15)9-16-11-6-4-5-10(14)8-11/h4-6,8,14H,2-3,7,9H2,1H3,(H,13,15). The van der Waals surface area contributed by atoms with E-state index in [2.05, 4.69) is 12.2 Å². The molecule has 0 unspecified atom stereocenters. The number of unbranched alkanes of at least 4 members (excludes halogenated alkanes) is 1. The molecule has 1 aromatic rings. The molecule has 0 aromatic heterocycles. The van der Waals surface area contributed by atoms with Crippen LogP contribution in [0.2, 0.25) is 0 Å². The van der Waals surface area contributed by atoms with E-state index >= 15 is 0 Å². The van der Waals surface area contributed by atoms with Crippen molar-refractivity contribution in [1.82, 2.24) is 5.32 Å². The molecular weight excluding hydrogens is 222 g/mol. The quantitative estimate of drug-likeness (QED) is 0.592. The fourth-order valence-corrected chi connectivity index (χ4v) is 1.96. The Morgan fingerprint density at radius 1 is 1.50 bits per heavy atom. The van der Waals surface area contributed by atoms with Crippen LogP contribution in [0.1, 0.15) is 19.8 Å². The van der Waals surface area contributed by atoms with Gasteiger partial charge in [-0.25, -0.2) is 0 Å². The van der Waals surface area contributed by atoms with E-state index in [-0.39, 0.29) is 11.7 Å². The molecule has 0 fully saturated rings. The van der Waals surface area contributed by atoms with Gasteiger partial charge >= 0.3 is 0 Å². The number of rotatable bonds is 6. The van der Waals surface area contributed by atoms with Crippen LogP contribution in [0.15, 0.2) is 29.2 Å². The minimum atomic E-state index is 0.0433. The molecule has 0 saturated heterocycles. The summed E-state index contributed by atoms with van der Waals surface area (Å²) in [6.45, 7) is 2.84. The largest absolute Gasteiger partial charge is 0.508 e. The van der Waals surface area contributed by atoms with Gasteiger partial charge in [-0.05, 0) is 24.6 Å². The average Bonchev–Trinajstić information content (AvgIpc) is 2.27. The molecule has 0 spiro atoms. The van der Waals surface area contributed by atoms with Gasteiger partial charge < -0.3 is 10.4 Å². The van der Waals surface area contributed by atoms with Crippen molar-refractivity contribution in [2.45, 2.75) is 24.7 Å². The van der Waals surface area contributed by atoms with E-state index in [4.69, 9.17) is 0 Å².